The Morgan fingerprint density at radius 2 is 2.10 bits per heavy atom. The molecule has 2 rings (SSSR count). The third kappa shape index (κ3) is 2.85. The molecule has 6 heteroatoms. The summed E-state index contributed by atoms with van der Waals surface area (Å²) in [4.78, 5) is 36.6. The summed E-state index contributed by atoms with van der Waals surface area (Å²) in [5.74, 6) is -0.519. The molecule has 0 fully saturated rings. The predicted molar refractivity (Wildman–Crippen MR) is 74.8 cm³/mol. The van der Waals surface area contributed by atoms with Crippen LogP contribution in [0.25, 0.3) is 0 Å². The molecule has 0 atom stereocenters. The Morgan fingerprint density at radius 1 is 1.35 bits per heavy atom. The van der Waals surface area contributed by atoms with E-state index in [1.807, 2.05) is 6.92 Å². The van der Waals surface area contributed by atoms with E-state index in [0.717, 1.165) is 5.56 Å². The first kappa shape index (κ1) is 13.8. The molecule has 6 nitrogen and oxygen atoms in total. The highest BCUT2D eigenvalue weighted by Gasteiger charge is 2.05. The second-order valence-corrected chi connectivity index (χ2v) is 4.46. The van der Waals surface area contributed by atoms with E-state index in [1.165, 1.54) is 10.8 Å². The zero-order valence-corrected chi connectivity index (χ0v) is 11.1. The van der Waals surface area contributed by atoms with Crippen LogP contribution in [0.3, 0.4) is 0 Å². The van der Waals surface area contributed by atoms with E-state index in [0.29, 0.717) is 17.5 Å². The lowest BCUT2D eigenvalue weighted by atomic mass is 10.1. The fourth-order valence-electron chi connectivity index (χ4n) is 1.94. The molecule has 0 aliphatic carbocycles. The number of aromatic amines is 1. The van der Waals surface area contributed by atoms with Crippen molar-refractivity contribution in [3.05, 3.63) is 68.0 Å². The lowest BCUT2D eigenvalue weighted by molar-refractivity contribution is 0.1000. The van der Waals surface area contributed by atoms with Gasteiger partial charge in [0.15, 0.2) is 0 Å². The van der Waals surface area contributed by atoms with Gasteiger partial charge < -0.3 is 5.73 Å². The summed E-state index contributed by atoms with van der Waals surface area (Å²) in [6, 6.07) is 6.73. The standard InChI is InChI=1S/C14H15N3O3/c1-2-10-8-17(14(20)16-13(10)19)7-9-4-3-5-11(6-9)12(15)18/h3-6,8H,2,7H2,1H3,(H2,15,18)(H,16,19,20). The van der Waals surface area contributed by atoms with Gasteiger partial charge in [-0.1, -0.05) is 19.1 Å². The van der Waals surface area contributed by atoms with E-state index < -0.39 is 11.6 Å². The first-order valence-corrected chi connectivity index (χ1v) is 6.22. The minimum absolute atomic E-state index is 0.268. The van der Waals surface area contributed by atoms with Crippen LogP contribution in [0.15, 0.2) is 40.1 Å². The number of aryl methyl sites for hydroxylation is 1. The van der Waals surface area contributed by atoms with Crippen LogP contribution in [0.1, 0.15) is 28.4 Å². The largest absolute Gasteiger partial charge is 0.366 e. The number of hydrogen-bond donors (Lipinski definition) is 2. The summed E-state index contributed by atoms with van der Waals surface area (Å²) in [5, 5.41) is 0. The van der Waals surface area contributed by atoms with Crippen molar-refractivity contribution >= 4 is 5.91 Å². The molecule has 0 saturated heterocycles. The maximum atomic E-state index is 11.7. The molecule has 0 aliphatic heterocycles. The van der Waals surface area contributed by atoms with E-state index in [1.54, 1.807) is 24.3 Å². The lowest BCUT2D eigenvalue weighted by Crippen LogP contribution is -2.31. The van der Waals surface area contributed by atoms with Gasteiger partial charge in [-0.15, -0.1) is 0 Å². The Kier molecular flexibility index (Phi) is 3.84. The molecule has 3 N–H and O–H groups in total. The number of amides is 1. The highest BCUT2D eigenvalue weighted by molar-refractivity contribution is 5.92. The first-order chi connectivity index (χ1) is 9.51. The van der Waals surface area contributed by atoms with Crippen LogP contribution in [-0.4, -0.2) is 15.5 Å². The van der Waals surface area contributed by atoms with Gasteiger partial charge >= 0.3 is 5.69 Å². The minimum Gasteiger partial charge on any atom is -0.366 e. The molecule has 0 aliphatic rings. The molecule has 104 valence electrons. The van der Waals surface area contributed by atoms with Gasteiger partial charge in [-0.2, -0.15) is 0 Å². The van der Waals surface area contributed by atoms with Gasteiger partial charge in [-0.25, -0.2) is 4.79 Å². The summed E-state index contributed by atoms with van der Waals surface area (Å²) in [7, 11) is 0. The molecule has 20 heavy (non-hydrogen) atoms. The van der Waals surface area contributed by atoms with Gasteiger partial charge in [0.05, 0.1) is 6.54 Å². The summed E-state index contributed by atoms with van der Waals surface area (Å²) < 4.78 is 1.40. The maximum absolute atomic E-state index is 11.7. The van der Waals surface area contributed by atoms with Crippen molar-refractivity contribution in [1.82, 2.24) is 9.55 Å². The van der Waals surface area contributed by atoms with Crippen LogP contribution in [0.2, 0.25) is 0 Å². The fraction of sp³-hybridized carbons (Fsp3) is 0.214. The Labute approximate surface area is 114 Å². The predicted octanol–water partition coefficient (Wildman–Crippen LogP) is 0.246. The number of carbonyl (C=O) groups is 1. The number of hydrogen-bond acceptors (Lipinski definition) is 3. The monoisotopic (exact) mass is 273 g/mol. The zero-order chi connectivity index (χ0) is 14.7. The molecular formula is C14H15N3O3. The van der Waals surface area contributed by atoms with E-state index >= 15 is 0 Å². The van der Waals surface area contributed by atoms with Crippen molar-refractivity contribution in [2.75, 3.05) is 0 Å². The van der Waals surface area contributed by atoms with Crippen molar-refractivity contribution in [3.8, 4) is 0 Å². The Hall–Kier alpha value is -2.63. The van der Waals surface area contributed by atoms with Crippen LogP contribution in [0.5, 0.6) is 0 Å². The van der Waals surface area contributed by atoms with E-state index in [2.05, 4.69) is 4.98 Å². The van der Waals surface area contributed by atoms with Crippen LogP contribution in [-0.2, 0) is 13.0 Å². The van der Waals surface area contributed by atoms with Gasteiger partial charge in [0.2, 0.25) is 5.91 Å². The molecule has 1 aromatic carbocycles. The number of nitrogens with zero attached hydrogens (tertiary/aromatic N) is 1. The topological polar surface area (TPSA) is 97.9 Å². The first-order valence-electron chi connectivity index (χ1n) is 6.22. The third-order valence-corrected chi connectivity index (χ3v) is 3.03. The highest BCUT2D eigenvalue weighted by Crippen LogP contribution is 2.06. The molecule has 0 unspecified atom stereocenters. The lowest BCUT2D eigenvalue weighted by Gasteiger charge is -2.07. The van der Waals surface area contributed by atoms with Gasteiger partial charge in [-0.05, 0) is 24.1 Å². The normalized spacial score (nSPS) is 10.4. The molecule has 2 aromatic rings. The van der Waals surface area contributed by atoms with Crippen molar-refractivity contribution in [3.63, 3.8) is 0 Å². The number of benzene rings is 1. The Bertz CT molecular complexity index is 759. The summed E-state index contributed by atoms with van der Waals surface area (Å²) >= 11 is 0. The second kappa shape index (κ2) is 5.56. The SMILES string of the molecule is CCc1cn(Cc2cccc(C(N)=O)c2)c(=O)[nH]c1=O. The van der Waals surface area contributed by atoms with E-state index in [9.17, 15) is 14.4 Å². The molecule has 0 saturated carbocycles. The zero-order valence-electron chi connectivity index (χ0n) is 11.1. The molecule has 0 spiro atoms. The molecule has 0 radical (unpaired) electrons. The summed E-state index contributed by atoms with van der Waals surface area (Å²) in [6.45, 7) is 2.11. The molecule has 0 bridgehead atoms. The van der Waals surface area contributed by atoms with Crippen LogP contribution in [0.4, 0.5) is 0 Å². The minimum atomic E-state index is -0.519. The molecular weight excluding hydrogens is 258 g/mol. The molecule has 1 amide bonds. The van der Waals surface area contributed by atoms with Crippen LogP contribution < -0.4 is 17.0 Å². The van der Waals surface area contributed by atoms with Gasteiger partial charge in [0, 0.05) is 17.3 Å². The van der Waals surface area contributed by atoms with Crippen molar-refractivity contribution < 1.29 is 4.79 Å². The number of primary amides is 1. The number of rotatable bonds is 4. The fourth-order valence-corrected chi connectivity index (χ4v) is 1.94. The van der Waals surface area contributed by atoms with Crippen LogP contribution >= 0.6 is 0 Å². The van der Waals surface area contributed by atoms with E-state index in [-0.39, 0.29) is 12.1 Å². The Balaban J connectivity index is 2.39. The number of nitrogens with one attached hydrogen (secondary N) is 1. The second-order valence-electron chi connectivity index (χ2n) is 4.46. The number of carbonyl (C=O) groups excluding carboxylic acids is 1. The summed E-state index contributed by atoms with van der Waals surface area (Å²) in [6.07, 6.45) is 2.08. The maximum Gasteiger partial charge on any atom is 0.328 e. The third-order valence-electron chi connectivity index (χ3n) is 3.03. The molecule has 1 aromatic heterocycles. The highest BCUT2D eigenvalue weighted by atomic mass is 16.2. The van der Waals surface area contributed by atoms with Gasteiger partial charge in [-0.3, -0.25) is 19.1 Å². The average Bonchev–Trinajstić information content (AvgIpc) is 2.42. The quantitative estimate of drug-likeness (QED) is 0.835. The Morgan fingerprint density at radius 3 is 2.75 bits per heavy atom. The summed E-state index contributed by atoms with van der Waals surface area (Å²) in [5.41, 5.74) is 6.06. The number of H-pyrrole nitrogens is 1. The van der Waals surface area contributed by atoms with Crippen molar-refractivity contribution in [2.45, 2.75) is 19.9 Å². The van der Waals surface area contributed by atoms with E-state index in [4.69, 9.17) is 5.73 Å². The number of nitrogens with two attached hydrogens (primary N) is 1. The smallest absolute Gasteiger partial charge is 0.328 e. The van der Waals surface area contributed by atoms with Gasteiger partial charge in [0.1, 0.15) is 0 Å². The van der Waals surface area contributed by atoms with Crippen molar-refractivity contribution in [1.29, 1.82) is 0 Å². The number of aromatic nitrogens is 2. The van der Waals surface area contributed by atoms with Crippen molar-refractivity contribution in [2.24, 2.45) is 5.73 Å². The molecule has 1 heterocycles. The van der Waals surface area contributed by atoms with Gasteiger partial charge in [0.25, 0.3) is 5.56 Å². The van der Waals surface area contributed by atoms with Crippen LogP contribution in [0, 0.1) is 0 Å². The average molecular weight is 273 g/mol.